The number of fused-ring (bicyclic) bond motifs is 4. The standard InChI is InChI=1S/C25H20O6/c1-3-29-25(27)23-20(16-12-13-18(28-2)15-9-5-4-8-14(15)16)21-22(31-23)17-10-6-7-11-19(17)30-24(21)26/h4-13,20,23H,3H2,1-2H3/t20-,23-/m1/s1. The molecule has 3 aromatic carbocycles. The van der Waals surface area contributed by atoms with E-state index in [9.17, 15) is 9.59 Å². The number of ether oxygens (including phenoxy) is 3. The molecule has 0 saturated carbocycles. The Balaban J connectivity index is 1.81. The van der Waals surface area contributed by atoms with E-state index in [1.54, 1.807) is 26.2 Å². The summed E-state index contributed by atoms with van der Waals surface area (Å²) in [7, 11) is 1.61. The number of carbonyl (C=O) groups is 1. The smallest absolute Gasteiger partial charge is 0.348 e. The summed E-state index contributed by atoms with van der Waals surface area (Å²) in [4.78, 5) is 26.0. The minimum Gasteiger partial charge on any atom is -0.496 e. The number of benzene rings is 3. The number of hydrogen-bond donors (Lipinski definition) is 0. The van der Waals surface area contributed by atoms with Crippen molar-refractivity contribution < 1.29 is 23.4 Å². The van der Waals surface area contributed by atoms with Crippen molar-refractivity contribution in [3.63, 3.8) is 0 Å². The molecular formula is C25H20O6. The fraction of sp³-hybridized carbons (Fsp3) is 0.200. The molecule has 1 aromatic heterocycles. The average Bonchev–Trinajstić information content (AvgIpc) is 3.20. The summed E-state index contributed by atoms with van der Waals surface area (Å²) in [5.41, 5.74) is 0.988. The van der Waals surface area contributed by atoms with Gasteiger partial charge in [-0.2, -0.15) is 0 Å². The van der Waals surface area contributed by atoms with Gasteiger partial charge in [0.2, 0.25) is 6.10 Å². The van der Waals surface area contributed by atoms with Gasteiger partial charge in [0, 0.05) is 5.39 Å². The quantitative estimate of drug-likeness (QED) is 0.362. The van der Waals surface area contributed by atoms with E-state index in [4.69, 9.17) is 18.6 Å². The molecule has 31 heavy (non-hydrogen) atoms. The molecular weight excluding hydrogens is 396 g/mol. The van der Waals surface area contributed by atoms with Crippen LogP contribution in [0.25, 0.3) is 21.7 Å². The zero-order valence-electron chi connectivity index (χ0n) is 17.1. The number of rotatable bonds is 4. The number of hydrogen-bond acceptors (Lipinski definition) is 6. The summed E-state index contributed by atoms with van der Waals surface area (Å²) >= 11 is 0. The van der Waals surface area contributed by atoms with Gasteiger partial charge in [0.25, 0.3) is 0 Å². The van der Waals surface area contributed by atoms with Crippen LogP contribution >= 0.6 is 0 Å². The van der Waals surface area contributed by atoms with E-state index in [-0.39, 0.29) is 6.61 Å². The van der Waals surface area contributed by atoms with Crippen molar-refractivity contribution >= 4 is 27.7 Å². The van der Waals surface area contributed by atoms with Gasteiger partial charge < -0.3 is 18.6 Å². The molecule has 4 aromatic rings. The van der Waals surface area contributed by atoms with E-state index < -0.39 is 23.6 Å². The highest BCUT2D eigenvalue weighted by atomic mass is 16.6. The van der Waals surface area contributed by atoms with E-state index in [2.05, 4.69) is 0 Å². The molecule has 156 valence electrons. The summed E-state index contributed by atoms with van der Waals surface area (Å²) in [6.45, 7) is 1.95. The van der Waals surface area contributed by atoms with Crippen LogP contribution in [-0.4, -0.2) is 25.8 Å². The summed E-state index contributed by atoms with van der Waals surface area (Å²) in [5, 5.41) is 2.39. The number of methoxy groups -OCH3 is 1. The van der Waals surface area contributed by atoms with Crippen LogP contribution in [0.15, 0.2) is 69.9 Å². The van der Waals surface area contributed by atoms with Crippen LogP contribution in [0.5, 0.6) is 11.5 Å². The van der Waals surface area contributed by atoms with Crippen molar-refractivity contribution in [3.8, 4) is 11.5 Å². The van der Waals surface area contributed by atoms with Gasteiger partial charge in [-0.3, -0.25) is 0 Å². The van der Waals surface area contributed by atoms with Gasteiger partial charge in [0.05, 0.1) is 30.6 Å². The predicted molar refractivity (Wildman–Crippen MR) is 116 cm³/mol. The normalized spacial score (nSPS) is 17.4. The molecule has 2 heterocycles. The van der Waals surface area contributed by atoms with Crippen LogP contribution in [-0.2, 0) is 9.53 Å². The lowest BCUT2D eigenvalue weighted by Gasteiger charge is -2.20. The summed E-state index contributed by atoms with van der Waals surface area (Å²) < 4.78 is 22.5. The zero-order chi connectivity index (χ0) is 21.5. The Morgan fingerprint density at radius 3 is 2.42 bits per heavy atom. The Hall–Kier alpha value is -3.80. The van der Waals surface area contributed by atoms with Crippen molar-refractivity contribution in [1.29, 1.82) is 0 Å². The van der Waals surface area contributed by atoms with Crippen molar-refractivity contribution in [2.45, 2.75) is 18.9 Å². The first-order valence-corrected chi connectivity index (χ1v) is 10.1. The van der Waals surface area contributed by atoms with Crippen molar-refractivity contribution in [2.24, 2.45) is 0 Å². The molecule has 0 aliphatic carbocycles. The molecule has 0 radical (unpaired) electrons. The van der Waals surface area contributed by atoms with Crippen LogP contribution in [0.4, 0.5) is 0 Å². The fourth-order valence-corrected chi connectivity index (χ4v) is 4.35. The third kappa shape index (κ3) is 2.94. The van der Waals surface area contributed by atoms with Crippen LogP contribution in [0.1, 0.15) is 24.0 Å². The molecule has 1 aliphatic rings. The molecule has 1 aliphatic heterocycles. The van der Waals surface area contributed by atoms with Crippen LogP contribution in [0, 0.1) is 0 Å². The maximum atomic E-state index is 13.1. The van der Waals surface area contributed by atoms with Gasteiger partial charge in [-0.1, -0.05) is 42.5 Å². The van der Waals surface area contributed by atoms with E-state index in [0.29, 0.717) is 28.0 Å². The Labute approximate surface area is 178 Å². The highest BCUT2D eigenvalue weighted by molar-refractivity contribution is 5.94. The largest absolute Gasteiger partial charge is 0.496 e. The second-order valence-corrected chi connectivity index (χ2v) is 7.30. The molecule has 0 spiro atoms. The Kier molecular flexibility index (Phi) is 4.62. The zero-order valence-corrected chi connectivity index (χ0v) is 17.1. The molecule has 2 atom stereocenters. The lowest BCUT2D eigenvalue weighted by molar-refractivity contribution is -0.151. The van der Waals surface area contributed by atoms with E-state index >= 15 is 0 Å². The number of carbonyl (C=O) groups excluding carboxylic acids is 1. The molecule has 6 nitrogen and oxygen atoms in total. The van der Waals surface area contributed by atoms with Crippen LogP contribution < -0.4 is 15.1 Å². The molecule has 0 amide bonds. The van der Waals surface area contributed by atoms with Crippen LogP contribution in [0.3, 0.4) is 0 Å². The highest BCUT2D eigenvalue weighted by Gasteiger charge is 2.45. The van der Waals surface area contributed by atoms with E-state index in [0.717, 1.165) is 16.3 Å². The third-order valence-electron chi connectivity index (χ3n) is 5.65. The van der Waals surface area contributed by atoms with E-state index in [1.165, 1.54) is 0 Å². The highest BCUT2D eigenvalue weighted by Crippen LogP contribution is 2.47. The number of esters is 1. The molecule has 0 unspecified atom stereocenters. The first kappa shape index (κ1) is 19.2. The monoisotopic (exact) mass is 416 g/mol. The molecule has 5 rings (SSSR count). The first-order valence-electron chi connectivity index (χ1n) is 10.1. The SMILES string of the molecule is CCOC(=O)[C@@H]1Oc2c(c(=O)oc3ccccc23)[C@H]1c1ccc(OC)c2ccccc12. The molecule has 0 bridgehead atoms. The van der Waals surface area contributed by atoms with Crippen molar-refractivity contribution in [2.75, 3.05) is 13.7 Å². The minimum atomic E-state index is -1.000. The summed E-state index contributed by atoms with van der Waals surface area (Å²) in [6.07, 6.45) is -1.000. The molecule has 0 N–H and O–H groups in total. The number of para-hydroxylation sites is 1. The molecule has 0 saturated heterocycles. The van der Waals surface area contributed by atoms with Gasteiger partial charge in [-0.25, -0.2) is 9.59 Å². The Morgan fingerprint density at radius 1 is 0.968 bits per heavy atom. The molecule has 6 heteroatoms. The van der Waals surface area contributed by atoms with Gasteiger partial charge in [-0.15, -0.1) is 0 Å². The predicted octanol–water partition coefficient (Wildman–Crippen LogP) is 4.41. The van der Waals surface area contributed by atoms with Crippen molar-refractivity contribution in [3.05, 3.63) is 82.2 Å². The van der Waals surface area contributed by atoms with E-state index in [1.807, 2.05) is 48.5 Å². The Morgan fingerprint density at radius 2 is 1.68 bits per heavy atom. The third-order valence-corrected chi connectivity index (χ3v) is 5.65. The minimum absolute atomic E-state index is 0.209. The lowest BCUT2D eigenvalue weighted by atomic mass is 9.85. The first-order chi connectivity index (χ1) is 15.1. The van der Waals surface area contributed by atoms with Gasteiger partial charge in [0.1, 0.15) is 17.1 Å². The van der Waals surface area contributed by atoms with Crippen molar-refractivity contribution in [1.82, 2.24) is 0 Å². The fourth-order valence-electron chi connectivity index (χ4n) is 4.35. The summed E-state index contributed by atoms with van der Waals surface area (Å²) in [5.74, 6) is -0.121. The average molecular weight is 416 g/mol. The van der Waals surface area contributed by atoms with Gasteiger partial charge >= 0.3 is 11.6 Å². The lowest BCUT2D eigenvalue weighted by Crippen LogP contribution is -2.32. The Bertz CT molecular complexity index is 1370. The van der Waals surface area contributed by atoms with Gasteiger partial charge in [-0.05, 0) is 36.1 Å². The topological polar surface area (TPSA) is 75.0 Å². The van der Waals surface area contributed by atoms with Crippen LogP contribution in [0.2, 0.25) is 0 Å². The maximum Gasteiger partial charge on any atom is 0.348 e. The van der Waals surface area contributed by atoms with Gasteiger partial charge in [0.15, 0.2) is 0 Å². The molecule has 0 fully saturated rings. The summed E-state index contributed by atoms with van der Waals surface area (Å²) in [6, 6.07) is 18.5. The second kappa shape index (κ2) is 7.47. The maximum absolute atomic E-state index is 13.1. The second-order valence-electron chi connectivity index (χ2n) is 7.30.